The van der Waals surface area contributed by atoms with Crippen molar-refractivity contribution in [2.24, 2.45) is 0 Å². The van der Waals surface area contributed by atoms with E-state index in [4.69, 9.17) is 21.6 Å². The molecule has 0 radical (unpaired) electrons. The molecule has 2 aromatic carbocycles. The van der Waals surface area contributed by atoms with Crippen molar-refractivity contribution in [2.75, 3.05) is 41.3 Å². The molecule has 30 heavy (non-hydrogen) atoms. The standard InChI is InChI=1S/C23H22ClN5S/c24-17-5-3-6-18(15-17)28-10-12-29(13-11-28)23-26-21-9-2-1-8-20(21)22(27-23)25-16-19-7-4-14-30-19/h1-9,14-15H,10-13,16H2,(H,25,26,27). The number of hydrogen-bond acceptors (Lipinski definition) is 6. The molecule has 3 heterocycles. The predicted molar refractivity (Wildman–Crippen MR) is 127 cm³/mol. The van der Waals surface area contributed by atoms with Crippen LogP contribution in [0.1, 0.15) is 4.88 Å². The fourth-order valence-electron chi connectivity index (χ4n) is 3.76. The van der Waals surface area contributed by atoms with E-state index in [1.54, 1.807) is 11.3 Å². The molecule has 0 saturated carbocycles. The third kappa shape index (κ3) is 4.06. The molecular weight excluding hydrogens is 414 g/mol. The molecule has 4 aromatic rings. The first-order valence-electron chi connectivity index (χ1n) is 10.0. The molecule has 1 N–H and O–H groups in total. The first-order chi connectivity index (χ1) is 14.8. The molecule has 1 fully saturated rings. The lowest BCUT2D eigenvalue weighted by atomic mass is 10.2. The van der Waals surface area contributed by atoms with Crippen molar-refractivity contribution >= 4 is 51.3 Å². The molecule has 7 heteroatoms. The number of halogens is 1. The molecule has 1 aliphatic rings. The topological polar surface area (TPSA) is 44.3 Å². The number of aromatic nitrogens is 2. The van der Waals surface area contributed by atoms with Gasteiger partial charge in [-0.2, -0.15) is 4.98 Å². The van der Waals surface area contributed by atoms with Crippen LogP contribution in [0, 0.1) is 0 Å². The molecule has 0 amide bonds. The number of hydrogen-bond donors (Lipinski definition) is 1. The average molecular weight is 436 g/mol. The van der Waals surface area contributed by atoms with Crippen molar-refractivity contribution in [1.82, 2.24) is 9.97 Å². The number of benzene rings is 2. The van der Waals surface area contributed by atoms with Crippen LogP contribution in [-0.4, -0.2) is 36.1 Å². The number of piperazine rings is 1. The van der Waals surface area contributed by atoms with Crippen LogP contribution in [0.4, 0.5) is 17.5 Å². The van der Waals surface area contributed by atoms with Gasteiger partial charge in [0.1, 0.15) is 5.82 Å². The van der Waals surface area contributed by atoms with E-state index in [0.717, 1.165) is 60.4 Å². The minimum absolute atomic E-state index is 0.765. The predicted octanol–water partition coefficient (Wildman–Crippen LogP) is 5.28. The van der Waals surface area contributed by atoms with Crippen LogP contribution in [0.25, 0.3) is 10.9 Å². The lowest BCUT2D eigenvalue weighted by Crippen LogP contribution is -2.47. The second kappa shape index (κ2) is 8.50. The summed E-state index contributed by atoms with van der Waals surface area (Å²) in [6, 6.07) is 20.5. The number of rotatable bonds is 5. The summed E-state index contributed by atoms with van der Waals surface area (Å²) in [5.41, 5.74) is 2.13. The van der Waals surface area contributed by atoms with Gasteiger partial charge in [0.05, 0.1) is 12.1 Å². The van der Waals surface area contributed by atoms with Crippen LogP contribution in [0.3, 0.4) is 0 Å². The van der Waals surface area contributed by atoms with Gasteiger partial charge in [-0.3, -0.25) is 0 Å². The fraction of sp³-hybridized carbons (Fsp3) is 0.217. The second-order valence-corrected chi connectivity index (χ2v) is 8.74. The second-order valence-electron chi connectivity index (χ2n) is 7.28. The number of nitrogens with zero attached hydrogens (tertiary/aromatic N) is 4. The summed E-state index contributed by atoms with van der Waals surface area (Å²) in [5.74, 6) is 1.68. The minimum Gasteiger partial charge on any atom is -0.368 e. The Morgan fingerprint density at radius 2 is 1.73 bits per heavy atom. The zero-order chi connectivity index (χ0) is 20.3. The van der Waals surface area contributed by atoms with Gasteiger partial charge >= 0.3 is 0 Å². The van der Waals surface area contributed by atoms with Crippen molar-refractivity contribution in [3.8, 4) is 0 Å². The van der Waals surface area contributed by atoms with E-state index >= 15 is 0 Å². The van der Waals surface area contributed by atoms with Crippen LogP contribution in [0.2, 0.25) is 5.02 Å². The van der Waals surface area contributed by atoms with E-state index in [1.807, 2.05) is 30.3 Å². The lowest BCUT2D eigenvalue weighted by molar-refractivity contribution is 0.641. The molecule has 0 atom stereocenters. The molecular formula is C23H22ClN5S. The summed E-state index contributed by atoms with van der Waals surface area (Å²) in [4.78, 5) is 15.7. The van der Waals surface area contributed by atoms with E-state index in [1.165, 1.54) is 10.6 Å². The number of anilines is 3. The molecule has 0 spiro atoms. The maximum absolute atomic E-state index is 6.16. The van der Waals surface area contributed by atoms with Crippen LogP contribution in [0.5, 0.6) is 0 Å². The van der Waals surface area contributed by atoms with E-state index in [0.29, 0.717) is 0 Å². The van der Waals surface area contributed by atoms with Crippen molar-refractivity contribution < 1.29 is 0 Å². The largest absolute Gasteiger partial charge is 0.368 e. The molecule has 5 nitrogen and oxygen atoms in total. The third-order valence-corrected chi connectivity index (χ3v) is 6.45. The zero-order valence-electron chi connectivity index (χ0n) is 16.5. The summed E-state index contributed by atoms with van der Waals surface area (Å²) in [5, 5.41) is 7.44. The average Bonchev–Trinajstić information content (AvgIpc) is 3.31. The quantitative estimate of drug-likeness (QED) is 0.461. The highest BCUT2D eigenvalue weighted by molar-refractivity contribution is 7.09. The van der Waals surface area contributed by atoms with Gasteiger partial charge in [-0.15, -0.1) is 11.3 Å². The zero-order valence-corrected chi connectivity index (χ0v) is 18.0. The number of para-hydroxylation sites is 1. The highest BCUT2D eigenvalue weighted by Gasteiger charge is 2.21. The Hall–Kier alpha value is -2.83. The molecule has 5 rings (SSSR count). The smallest absolute Gasteiger partial charge is 0.228 e. The maximum atomic E-state index is 6.16. The van der Waals surface area contributed by atoms with E-state index in [2.05, 4.69) is 50.8 Å². The number of thiophene rings is 1. The molecule has 2 aromatic heterocycles. The Kier molecular flexibility index (Phi) is 5.43. The SMILES string of the molecule is Clc1cccc(N2CCN(c3nc(NCc4cccs4)c4ccccc4n3)CC2)c1. The molecule has 152 valence electrons. The Morgan fingerprint density at radius 3 is 2.53 bits per heavy atom. The number of nitrogens with one attached hydrogen (secondary N) is 1. The highest BCUT2D eigenvalue weighted by atomic mass is 35.5. The van der Waals surface area contributed by atoms with Crippen LogP contribution in [-0.2, 0) is 6.54 Å². The Labute approximate surface area is 184 Å². The van der Waals surface area contributed by atoms with Crippen molar-refractivity contribution in [3.05, 3.63) is 75.9 Å². The van der Waals surface area contributed by atoms with Crippen LogP contribution < -0.4 is 15.1 Å². The molecule has 1 aliphatic heterocycles. The summed E-state index contributed by atoms with van der Waals surface area (Å²) < 4.78 is 0. The van der Waals surface area contributed by atoms with E-state index < -0.39 is 0 Å². The van der Waals surface area contributed by atoms with E-state index in [-0.39, 0.29) is 0 Å². The maximum Gasteiger partial charge on any atom is 0.228 e. The third-order valence-electron chi connectivity index (χ3n) is 5.34. The molecule has 1 saturated heterocycles. The molecule has 0 bridgehead atoms. The van der Waals surface area contributed by atoms with Gasteiger partial charge in [-0.1, -0.05) is 35.9 Å². The Bertz CT molecular complexity index is 1140. The van der Waals surface area contributed by atoms with Gasteiger partial charge in [0.2, 0.25) is 5.95 Å². The summed E-state index contributed by atoms with van der Waals surface area (Å²) in [6.07, 6.45) is 0. The van der Waals surface area contributed by atoms with Crippen molar-refractivity contribution in [3.63, 3.8) is 0 Å². The Balaban J connectivity index is 1.36. The monoisotopic (exact) mass is 435 g/mol. The molecule has 0 unspecified atom stereocenters. The van der Waals surface area contributed by atoms with Gasteiger partial charge in [0, 0.05) is 47.2 Å². The number of fused-ring (bicyclic) bond motifs is 1. The van der Waals surface area contributed by atoms with Crippen LogP contribution >= 0.6 is 22.9 Å². The summed E-state index contributed by atoms with van der Waals surface area (Å²) in [7, 11) is 0. The summed E-state index contributed by atoms with van der Waals surface area (Å²) in [6.45, 7) is 4.33. The van der Waals surface area contributed by atoms with Crippen LogP contribution in [0.15, 0.2) is 66.0 Å². The van der Waals surface area contributed by atoms with Gasteiger partial charge in [-0.05, 0) is 41.8 Å². The van der Waals surface area contributed by atoms with Gasteiger partial charge in [0.15, 0.2) is 0 Å². The minimum atomic E-state index is 0.765. The van der Waals surface area contributed by atoms with Gasteiger partial charge in [-0.25, -0.2) is 4.98 Å². The molecule has 0 aliphatic carbocycles. The normalized spacial score (nSPS) is 14.3. The fourth-order valence-corrected chi connectivity index (χ4v) is 4.59. The lowest BCUT2D eigenvalue weighted by Gasteiger charge is -2.36. The van der Waals surface area contributed by atoms with Crippen molar-refractivity contribution in [1.29, 1.82) is 0 Å². The summed E-state index contributed by atoms with van der Waals surface area (Å²) >= 11 is 7.91. The van der Waals surface area contributed by atoms with Crippen molar-refractivity contribution in [2.45, 2.75) is 6.54 Å². The van der Waals surface area contributed by atoms with Gasteiger partial charge < -0.3 is 15.1 Å². The first kappa shape index (κ1) is 19.2. The first-order valence-corrected chi connectivity index (χ1v) is 11.3. The van der Waals surface area contributed by atoms with Gasteiger partial charge in [0.25, 0.3) is 0 Å². The highest BCUT2D eigenvalue weighted by Crippen LogP contribution is 2.26. The van der Waals surface area contributed by atoms with E-state index in [9.17, 15) is 0 Å². The Morgan fingerprint density at radius 1 is 0.900 bits per heavy atom.